The molecule has 0 bridgehead atoms. The Kier molecular flexibility index (Phi) is 11.7. The quantitative estimate of drug-likeness (QED) is 0.0661. The van der Waals surface area contributed by atoms with Gasteiger partial charge in [0.15, 0.2) is 5.16 Å². The summed E-state index contributed by atoms with van der Waals surface area (Å²) >= 11 is 1.64. The van der Waals surface area contributed by atoms with Gasteiger partial charge in [-0.25, -0.2) is 4.79 Å². The van der Waals surface area contributed by atoms with E-state index >= 15 is 0 Å². The molecule has 0 radical (unpaired) electrons. The first-order valence-corrected chi connectivity index (χ1v) is 15.4. The Hall–Kier alpha value is -3.71. The van der Waals surface area contributed by atoms with Crippen LogP contribution in [-0.2, 0) is 24.1 Å². The van der Waals surface area contributed by atoms with Gasteiger partial charge in [-0.15, -0.1) is 0 Å². The summed E-state index contributed by atoms with van der Waals surface area (Å²) in [6.45, 7) is 2.68. The van der Waals surface area contributed by atoms with Crippen LogP contribution in [0.1, 0.15) is 76.7 Å². The van der Waals surface area contributed by atoms with Crippen LogP contribution in [0, 0.1) is 6.92 Å². The van der Waals surface area contributed by atoms with Crippen LogP contribution in [0.4, 0.5) is 0 Å². The van der Waals surface area contributed by atoms with Crippen molar-refractivity contribution in [3.63, 3.8) is 0 Å². The molecule has 0 saturated carbocycles. The van der Waals surface area contributed by atoms with Crippen LogP contribution in [0.25, 0.3) is 0 Å². The molecular weight excluding hydrogens is 530 g/mol. The minimum Gasteiger partial charge on any atom is -0.465 e. The molecule has 0 N–H and O–H groups in total. The Morgan fingerprint density at radius 3 is 2.29 bits per heavy atom. The number of carbonyl (C=O) groups is 1. The number of rotatable bonds is 15. The van der Waals surface area contributed by atoms with E-state index in [-0.39, 0.29) is 11.5 Å². The third-order valence-corrected chi connectivity index (χ3v) is 8.16. The first-order chi connectivity index (χ1) is 20.0. The molecule has 41 heavy (non-hydrogen) atoms. The first-order valence-electron chi connectivity index (χ1n) is 14.4. The van der Waals surface area contributed by atoms with Crippen LogP contribution < -0.4 is 5.56 Å². The van der Waals surface area contributed by atoms with Gasteiger partial charge in [-0.3, -0.25) is 9.78 Å². The van der Waals surface area contributed by atoms with Gasteiger partial charge < -0.3 is 9.30 Å². The molecule has 0 aliphatic carbocycles. The van der Waals surface area contributed by atoms with Crippen molar-refractivity contribution in [1.82, 2.24) is 14.5 Å². The molecule has 7 heteroatoms. The number of aryl methyl sites for hydroxylation is 2. The maximum Gasteiger partial charge on any atom is 0.337 e. The van der Waals surface area contributed by atoms with E-state index in [4.69, 9.17) is 4.74 Å². The Balaban J connectivity index is 1.32. The minimum atomic E-state index is -0.358. The van der Waals surface area contributed by atoms with Crippen LogP contribution in [0.15, 0.2) is 89.2 Å². The Bertz CT molecular complexity index is 1440. The maximum atomic E-state index is 12.9. The van der Waals surface area contributed by atoms with E-state index in [0.717, 1.165) is 34.9 Å². The number of nitrogens with zero attached hydrogens (tertiary/aromatic N) is 3. The average Bonchev–Trinajstić information content (AvgIpc) is 2.99. The smallest absolute Gasteiger partial charge is 0.337 e. The summed E-state index contributed by atoms with van der Waals surface area (Å²) < 4.78 is 6.87. The predicted octanol–water partition coefficient (Wildman–Crippen LogP) is 7.05. The SMILES string of the molecule is COC(=O)c1ccc(Cn2cc(Cc3cccnc3)c(=O)nc2SCCCCCCCCc2ccc(C)cc2)cc1. The molecule has 2 aromatic carbocycles. The fourth-order valence-electron chi connectivity index (χ4n) is 4.71. The zero-order chi connectivity index (χ0) is 28.9. The molecule has 4 aromatic rings. The van der Waals surface area contributed by atoms with E-state index in [0.29, 0.717) is 24.1 Å². The molecule has 0 saturated heterocycles. The summed E-state index contributed by atoms with van der Waals surface area (Å²) in [6, 6.07) is 20.1. The highest BCUT2D eigenvalue weighted by Gasteiger charge is 2.12. The van der Waals surface area contributed by atoms with Crippen molar-refractivity contribution in [3.05, 3.63) is 123 Å². The van der Waals surface area contributed by atoms with Gasteiger partial charge in [-0.1, -0.05) is 85.5 Å². The summed E-state index contributed by atoms with van der Waals surface area (Å²) in [5.74, 6) is 0.557. The second-order valence-electron chi connectivity index (χ2n) is 10.4. The maximum absolute atomic E-state index is 12.9. The van der Waals surface area contributed by atoms with Crippen molar-refractivity contribution in [3.8, 4) is 0 Å². The molecule has 0 unspecified atom stereocenters. The fourth-order valence-corrected chi connectivity index (χ4v) is 5.67. The lowest BCUT2D eigenvalue weighted by Crippen LogP contribution is -2.20. The van der Waals surface area contributed by atoms with Gasteiger partial charge >= 0.3 is 5.97 Å². The van der Waals surface area contributed by atoms with Gasteiger partial charge in [0.1, 0.15) is 0 Å². The van der Waals surface area contributed by atoms with Crippen molar-refractivity contribution in [2.24, 2.45) is 0 Å². The van der Waals surface area contributed by atoms with Crippen molar-refractivity contribution in [1.29, 1.82) is 0 Å². The molecule has 0 aliphatic rings. The number of thioether (sulfide) groups is 1. The molecule has 6 nitrogen and oxygen atoms in total. The summed E-state index contributed by atoms with van der Waals surface area (Å²) in [7, 11) is 1.38. The van der Waals surface area contributed by atoms with Crippen molar-refractivity contribution in [2.75, 3.05) is 12.9 Å². The standard InChI is InChI=1S/C34H39N3O3S/c1-26-12-14-27(15-13-26)10-7-5-3-4-6-8-21-41-34-36-32(38)31(22-29-11-9-20-35-23-29)25-37(34)24-28-16-18-30(19-17-28)33(39)40-2/h9,11-20,23,25H,3-8,10,21-22,24H2,1-2H3. The largest absolute Gasteiger partial charge is 0.465 e. The number of benzene rings is 2. The summed E-state index contributed by atoms with van der Waals surface area (Å²) in [5, 5.41) is 0.722. The van der Waals surface area contributed by atoms with Crippen molar-refractivity contribution >= 4 is 17.7 Å². The number of esters is 1. The number of unbranched alkanes of at least 4 members (excludes halogenated alkanes) is 5. The molecule has 0 atom stereocenters. The number of pyridine rings is 1. The molecule has 4 rings (SSSR count). The monoisotopic (exact) mass is 569 g/mol. The minimum absolute atomic E-state index is 0.192. The number of ether oxygens (including phenoxy) is 1. The topological polar surface area (TPSA) is 74.1 Å². The zero-order valence-corrected chi connectivity index (χ0v) is 24.9. The lowest BCUT2D eigenvalue weighted by atomic mass is 10.0. The average molecular weight is 570 g/mol. The molecule has 2 aromatic heterocycles. The van der Waals surface area contributed by atoms with Gasteiger partial charge in [0.25, 0.3) is 5.56 Å². The highest BCUT2D eigenvalue weighted by molar-refractivity contribution is 7.99. The Morgan fingerprint density at radius 1 is 0.878 bits per heavy atom. The third kappa shape index (κ3) is 9.71. The molecular formula is C34H39N3O3S. The summed E-state index contributed by atoms with van der Waals surface area (Å²) in [5.41, 5.74) is 5.69. The van der Waals surface area contributed by atoms with Gasteiger partial charge in [0.05, 0.1) is 12.7 Å². The van der Waals surface area contributed by atoms with Crippen LogP contribution in [0.2, 0.25) is 0 Å². The summed E-state index contributed by atoms with van der Waals surface area (Å²) in [4.78, 5) is 33.4. The van der Waals surface area contributed by atoms with Crippen molar-refractivity contribution < 1.29 is 9.53 Å². The van der Waals surface area contributed by atoms with Crippen LogP contribution in [0.5, 0.6) is 0 Å². The molecule has 0 amide bonds. The van der Waals surface area contributed by atoms with E-state index in [1.807, 2.05) is 30.5 Å². The second kappa shape index (κ2) is 15.9. The first kappa shape index (κ1) is 30.3. The van der Waals surface area contributed by atoms with Crippen LogP contribution >= 0.6 is 11.8 Å². The van der Waals surface area contributed by atoms with E-state index in [2.05, 4.69) is 45.7 Å². The molecule has 2 heterocycles. The number of carbonyl (C=O) groups excluding carboxylic acids is 1. The zero-order valence-electron chi connectivity index (χ0n) is 24.1. The molecule has 0 fully saturated rings. The van der Waals surface area contributed by atoms with Gasteiger partial charge in [-0.05, 0) is 61.1 Å². The van der Waals surface area contributed by atoms with Gasteiger partial charge in [0.2, 0.25) is 0 Å². The van der Waals surface area contributed by atoms with Crippen LogP contribution in [0.3, 0.4) is 0 Å². The predicted molar refractivity (Wildman–Crippen MR) is 166 cm³/mol. The number of methoxy groups -OCH3 is 1. The number of hydrogen-bond donors (Lipinski definition) is 0. The molecule has 0 spiro atoms. The molecule has 214 valence electrons. The fraction of sp³-hybridized carbons (Fsp3) is 0.353. The van der Waals surface area contributed by atoms with Crippen molar-refractivity contribution in [2.45, 2.75) is 70.0 Å². The molecule has 0 aliphatic heterocycles. The normalized spacial score (nSPS) is 11.0. The highest BCUT2D eigenvalue weighted by Crippen LogP contribution is 2.20. The van der Waals surface area contributed by atoms with E-state index < -0.39 is 0 Å². The highest BCUT2D eigenvalue weighted by atomic mass is 32.2. The lowest BCUT2D eigenvalue weighted by Gasteiger charge is -2.14. The van der Waals surface area contributed by atoms with Gasteiger partial charge in [0, 0.05) is 42.9 Å². The Morgan fingerprint density at radius 2 is 1.59 bits per heavy atom. The number of hydrogen-bond acceptors (Lipinski definition) is 6. The second-order valence-corrected chi connectivity index (χ2v) is 11.5. The number of aromatic nitrogens is 3. The lowest BCUT2D eigenvalue weighted by molar-refractivity contribution is 0.0600. The summed E-state index contributed by atoms with van der Waals surface area (Å²) in [6.07, 6.45) is 14.3. The van der Waals surface area contributed by atoms with E-state index in [9.17, 15) is 9.59 Å². The Labute approximate surface area is 247 Å². The van der Waals surface area contributed by atoms with Gasteiger partial charge in [-0.2, -0.15) is 4.98 Å². The van der Waals surface area contributed by atoms with E-state index in [1.54, 1.807) is 36.3 Å². The third-order valence-electron chi connectivity index (χ3n) is 7.09. The van der Waals surface area contributed by atoms with E-state index in [1.165, 1.54) is 50.3 Å². The van der Waals surface area contributed by atoms with Crippen LogP contribution in [-0.4, -0.2) is 33.4 Å².